The van der Waals surface area contributed by atoms with Gasteiger partial charge in [-0.25, -0.2) is 4.79 Å². The molecule has 0 radical (unpaired) electrons. The molecular formula is C11H18N4OS2. The summed E-state index contributed by atoms with van der Waals surface area (Å²) in [5, 5.41) is 15.8. The summed E-state index contributed by atoms with van der Waals surface area (Å²) < 4.78 is 0. The molecule has 2 rings (SSSR count). The molecule has 2 amide bonds. The van der Waals surface area contributed by atoms with Crippen LogP contribution in [0.3, 0.4) is 0 Å². The lowest BCUT2D eigenvalue weighted by Gasteiger charge is -2.12. The smallest absolute Gasteiger partial charge is 0.321 e. The van der Waals surface area contributed by atoms with Gasteiger partial charge >= 0.3 is 6.03 Å². The van der Waals surface area contributed by atoms with Crippen LogP contribution in [0.5, 0.6) is 0 Å². The van der Waals surface area contributed by atoms with E-state index in [4.69, 9.17) is 0 Å². The highest BCUT2D eigenvalue weighted by Gasteiger charge is 2.25. The lowest BCUT2D eigenvalue weighted by molar-refractivity contribution is 0.248. The maximum absolute atomic E-state index is 11.8. The third-order valence-corrected chi connectivity index (χ3v) is 5.12. The molecule has 18 heavy (non-hydrogen) atoms. The second kappa shape index (κ2) is 6.38. The van der Waals surface area contributed by atoms with Crippen LogP contribution in [0.4, 0.5) is 9.93 Å². The number of aryl methyl sites for hydroxylation is 1. The van der Waals surface area contributed by atoms with Crippen LogP contribution >= 0.6 is 23.1 Å². The van der Waals surface area contributed by atoms with Crippen molar-refractivity contribution in [3.05, 3.63) is 5.01 Å². The Labute approximate surface area is 115 Å². The van der Waals surface area contributed by atoms with E-state index in [2.05, 4.69) is 27.1 Å². The highest BCUT2D eigenvalue weighted by Crippen LogP contribution is 2.28. The van der Waals surface area contributed by atoms with Crippen LogP contribution in [-0.2, 0) is 6.42 Å². The van der Waals surface area contributed by atoms with Gasteiger partial charge in [-0.05, 0) is 31.9 Å². The minimum atomic E-state index is -0.166. The highest BCUT2D eigenvalue weighted by molar-refractivity contribution is 7.99. The molecule has 2 atom stereocenters. The number of anilines is 1. The molecule has 0 aromatic carbocycles. The number of thioether (sulfide) groups is 1. The molecule has 100 valence electrons. The molecule has 1 aromatic heterocycles. The summed E-state index contributed by atoms with van der Waals surface area (Å²) >= 11 is 3.31. The molecule has 1 aromatic rings. The number of carbonyl (C=O) groups excluding carboxylic acids is 1. The van der Waals surface area contributed by atoms with Crippen molar-refractivity contribution in [3.8, 4) is 0 Å². The van der Waals surface area contributed by atoms with Gasteiger partial charge in [-0.1, -0.05) is 18.3 Å². The van der Waals surface area contributed by atoms with E-state index in [9.17, 15) is 4.79 Å². The summed E-state index contributed by atoms with van der Waals surface area (Å²) in [7, 11) is 0. The zero-order chi connectivity index (χ0) is 13.0. The van der Waals surface area contributed by atoms with Gasteiger partial charge in [-0.15, -0.1) is 10.2 Å². The Morgan fingerprint density at radius 2 is 2.33 bits per heavy atom. The largest absolute Gasteiger partial charge is 0.335 e. The first-order chi connectivity index (χ1) is 8.71. The molecule has 0 bridgehead atoms. The highest BCUT2D eigenvalue weighted by atomic mass is 32.2. The molecule has 7 heteroatoms. The van der Waals surface area contributed by atoms with E-state index in [1.807, 2.05) is 18.7 Å². The molecule has 1 heterocycles. The predicted octanol–water partition coefficient (Wildman–Crippen LogP) is 2.51. The van der Waals surface area contributed by atoms with Gasteiger partial charge in [0.25, 0.3) is 0 Å². The van der Waals surface area contributed by atoms with E-state index in [0.717, 1.165) is 24.3 Å². The maximum atomic E-state index is 11.8. The first-order valence-corrected chi connectivity index (χ1v) is 8.24. The SMILES string of the molecule is CCc1nnc(NC(=O)NC2CCC(SC)C2)s1. The Morgan fingerprint density at radius 1 is 1.50 bits per heavy atom. The van der Waals surface area contributed by atoms with Crippen molar-refractivity contribution in [2.24, 2.45) is 0 Å². The molecule has 1 aliphatic rings. The molecule has 2 unspecified atom stereocenters. The maximum Gasteiger partial charge on any atom is 0.321 e. The quantitative estimate of drug-likeness (QED) is 0.892. The Hall–Kier alpha value is -0.820. The molecule has 0 saturated heterocycles. The van der Waals surface area contributed by atoms with Crippen LogP contribution in [0.15, 0.2) is 0 Å². The van der Waals surface area contributed by atoms with Crippen LogP contribution in [0, 0.1) is 0 Å². The molecule has 1 fully saturated rings. The van der Waals surface area contributed by atoms with E-state index in [1.165, 1.54) is 17.8 Å². The van der Waals surface area contributed by atoms with E-state index in [-0.39, 0.29) is 6.03 Å². The van der Waals surface area contributed by atoms with Crippen LogP contribution in [-0.4, -0.2) is 33.8 Å². The minimum absolute atomic E-state index is 0.166. The van der Waals surface area contributed by atoms with Crippen LogP contribution in [0.25, 0.3) is 0 Å². The van der Waals surface area contributed by atoms with Gasteiger partial charge in [0.15, 0.2) is 0 Å². The van der Waals surface area contributed by atoms with Crippen molar-refractivity contribution in [1.82, 2.24) is 15.5 Å². The van der Waals surface area contributed by atoms with Gasteiger partial charge < -0.3 is 5.32 Å². The summed E-state index contributed by atoms with van der Waals surface area (Å²) in [6.45, 7) is 2.02. The summed E-state index contributed by atoms with van der Waals surface area (Å²) in [6.07, 6.45) is 6.28. The van der Waals surface area contributed by atoms with Crippen molar-refractivity contribution < 1.29 is 4.79 Å². The molecule has 5 nitrogen and oxygen atoms in total. The topological polar surface area (TPSA) is 66.9 Å². The average molecular weight is 286 g/mol. The van der Waals surface area contributed by atoms with Crippen molar-refractivity contribution in [2.75, 3.05) is 11.6 Å². The Balaban J connectivity index is 1.78. The fraction of sp³-hybridized carbons (Fsp3) is 0.727. The van der Waals surface area contributed by atoms with E-state index >= 15 is 0 Å². The van der Waals surface area contributed by atoms with Gasteiger partial charge in [0, 0.05) is 11.3 Å². The Kier molecular flexibility index (Phi) is 4.82. The third-order valence-electron chi connectivity index (χ3n) is 3.04. The summed E-state index contributed by atoms with van der Waals surface area (Å²) in [4.78, 5) is 11.8. The van der Waals surface area contributed by atoms with E-state index in [1.54, 1.807) is 0 Å². The van der Waals surface area contributed by atoms with Gasteiger partial charge in [0.1, 0.15) is 5.01 Å². The van der Waals surface area contributed by atoms with Crippen LogP contribution in [0.1, 0.15) is 31.2 Å². The molecule has 1 aliphatic carbocycles. The lowest BCUT2D eigenvalue weighted by atomic mass is 10.2. The monoisotopic (exact) mass is 286 g/mol. The molecular weight excluding hydrogens is 268 g/mol. The number of amides is 2. The van der Waals surface area contributed by atoms with Gasteiger partial charge in [0.05, 0.1) is 0 Å². The fourth-order valence-electron chi connectivity index (χ4n) is 2.05. The number of carbonyl (C=O) groups is 1. The number of aromatic nitrogens is 2. The first kappa shape index (κ1) is 13.6. The van der Waals surface area contributed by atoms with E-state index < -0.39 is 0 Å². The normalized spacial score (nSPS) is 23.0. The minimum Gasteiger partial charge on any atom is -0.335 e. The van der Waals surface area contributed by atoms with Gasteiger partial charge in [-0.2, -0.15) is 11.8 Å². The first-order valence-electron chi connectivity index (χ1n) is 6.14. The van der Waals surface area contributed by atoms with Gasteiger partial charge in [0.2, 0.25) is 5.13 Å². The van der Waals surface area contributed by atoms with E-state index in [0.29, 0.717) is 16.4 Å². The van der Waals surface area contributed by atoms with Gasteiger partial charge in [-0.3, -0.25) is 5.32 Å². The standard InChI is InChI=1S/C11H18N4OS2/c1-3-9-14-15-11(18-9)13-10(16)12-7-4-5-8(6-7)17-2/h7-8H,3-6H2,1-2H3,(H2,12,13,15,16). The van der Waals surface area contributed by atoms with Crippen molar-refractivity contribution in [3.63, 3.8) is 0 Å². The lowest BCUT2D eigenvalue weighted by Crippen LogP contribution is -2.36. The summed E-state index contributed by atoms with van der Waals surface area (Å²) in [5.41, 5.74) is 0. The molecule has 0 spiro atoms. The fourth-order valence-corrected chi connectivity index (χ4v) is 3.52. The number of nitrogens with one attached hydrogen (secondary N) is 2. The molecule has 1 saturated carbocycles. The Bertz CT molecular complexity index is 410. The number of hydrogen-bond acceptors (Lipinski definition) is 5. The zero-order valence-corrected chi connectivity index (χ0v) is 12.2. The summed E-state index contributed by atoms with van der Waals surface area (Å²) in [5.74, 6) is 0. The number of urea groups is 1. The molecule has 0 aliphatic heterocycles. The Morgan fingerprint density at radius 3 is 2.94 bits per heavy atom. The van der Waals surface area contributed by atoms with Crippen molar-refractivity contribution in [1.29, 1.82) is 0 Å². The second-order valence-electron chi connectivity index (χ2n) is 4.32. The van der Waals surface area contributed by atoms with Crippen LogP contribution < -0.4 is 10.6 Å². The summed E-state index contributed by atoms with van der Waals surface area (Å²) in [6, 6.07) is 0.126. The zero-order valence-electron chi connectivity index (χ0n) is 10.6. The molecule has 2 N–H and O–H groups in total. The number of nitrogens with zero attached hydrogens (tertiary/aromatic N) is 2. The third kappa shape index (κ3) is 3.58. The second-order valence-corrected chi connectivity index (χ2v) is 6.52. The average Bonchev–Trinajstić information content (AvgIpc) is 2.98. The number of hydrogen-bond donors (Lipinski definition) is 2. The van der Waals surface area contributed by atoms with Crippen molar-refractivity contribution >= 4 is 34.3 Å². The van der Waals surface area contributed by atoms with Crippen LogP contribution in [0.2, 0.25) is 0 Å². The number of rotatable bonds is 4. The predicted molar refractivity (Wildman–Crippen MR) is 76.4 cm³/mol. The van der Waals surface area contributed by atoms with Crippen molar-refractivity contribution in [2.45, 2.75) is 43.9 Å².